The first-order valence-corrected chi connectivity index (χ1v) is 9.71. The van der Waals surface area contributed by atoms with Crippen LogP contribution in [0.3, 0.4) is 0 Å². The van der Waals surface area contributed by atoms with E-state index >= 15 is 0 Å². The van der Waals surface area contributed by atoms with Crippen LogP contribution in [0.25, 0.3) is 11.1 Å². The normalized spacial score (nSPS) is 27.9. The monoisotopic (exact) mass is 352 g/mol. The number of benzene rings is 1. The van der Waals surface area contributed by atoms with Crippen LogP contribution in [0.2, 0.25) is 0 Å². The van der Waals surface area contributed by atoms with Gasteiger partial charge in [-0.25, -0.2) is 0 Å². The Morgan fingerprint density at radius 3 is 2.73 bits per heavy atom. The highest BCUT2D eigenvalue weighted by molar-refractivity contribution is 5.79. The van der Waals surface area contributed by atoms with Crippen molar-refractivity contribution >= 4 is 5.91 Å². The number of nitrogens with zero attached hydrogens (tertiary/aromatic N) is 2. The van der Waals surface area contributed by atoms with E-state index in [-0.39, 0.29) is 11.8 Å². The number of rotatable bonds is 4. The molecule has 2 fully saturated rings. The van der Waals surface area contributed by atoms with Crippen molar-refractivity contribution in [2.75, 3.05) is 0 Å². The van der Waals surface area contributed by atoms with Gasteiger partial charge in [0.1, 0.15) is 0 Å². The molecule has 0 saturated heterocycles. The Balaban J connectivity index is 1.37. The number of hydrogen-bond donors (Lipinski definition) is 2. The Hall–Kier alpha value is -2.14. The molecule has 138 valence electrons. The van der Waals surface area contributed by atoms with Gasteiger partial charge in [0.15, 0.2) is 0 Å². The molecule has 1 amide bonds. The number of hydrogen-bond acceptors (Lipinski definition) is 3. The van der Waals surface area contributed by atoms with Crippen molar-refractivity contribution in [2.24, 2.45) is 30.5 Å². The van der Waals surface area contributed by atoms with Gasteiger partial charge in [-0.2, -0.15) is 5.10 Å². The maximum Gasteiger partial charge on any atom is 0.223 e. The predicted molar refractivity (Wildman–Crippen MR) is 102 cm³/mol. The van der Waals surface area contributed by atoms with E-state index in [1.54, 1.807) is 4.68 Å². The number of aromatic nitrogens is 2. The van der Waals surface area contributed by atoms with Crippen LogP contribution in [0.15, 0.2) is 36.7 Å². The first-order chi connectivity index (χ1) is 12.6. The average molecular weight is 352 g/mol. The molecule has 2 bridgehead atoms. The molecule has 2 unspecified atom stereocenters. The zero-order chi connectivity index (χ0) is 18.1. The fourth-order valence-corrected chi connectivity index (χ4v) is 4.77. The zero-order valence-electron chi connectivity index (χ0n) is 15.4. The van der Waals surface area contributed by atoms with E-state index in [1.807, 2.05) is 25.5 Å². The molecule has 1 heterocycles. The average Bonchev–Trinajstić information content (AvgIpc) is 3.06. The first-order valence-electron chi connectivity index (χ1n) is 9.71. The van der Waals surface area contributed by atoms with Gasteiger partial charge in [-0.1, -0.05) is 24.6 Å². The van der Waals surface area contributed by atoms with Gasteiger partial charge >= 0.3 is 0 Å². The summed E-state index contributed by atoms with van der Waals surface area (Å²) in [5.74, 6) is 1.39. The number of amides is 1. The first kappa shape index (κ1) is 17.3. The van der Waals surface area contributed by atoms with Crippen molar-refractivity contribution in [1.29, 1.82) is 0 Å². The smallest absolute Gasteiger partial charge is 0.223 e. The largest absolute Gasteiger partial charge is 0.352 e. The lowest BCUT2D eigenvalue weighted by molar-refractivity contribution is -0.128. The van der Waals surface area contributed by atoms with Gasteiger partial charge in [0, 0.05) is 37.3 Å². The summed E-state index contributed by atoms with van der Waals surface area (Å²) >= 11 is 0. The molecule has 4 rings (SSSR count). The lowest BCUT2D eigenvalue weighted by atomic mass is 9.65. The molecule has 2 saturated carbocycles. The van der Waals surface area contributed by atoms with E-state index in [0.717, 1.165) is 29.5 Å². The lowest BCUT2D eigenvalue weighted by Crippen LogP contribution is -2.49. The van der Waals surface area contributed by atoms with E-state index in [2.05, 4.69) is 28.6 Å². The van der Waals surface area contributed by atoms with Gasteiger partial charge in [0.05, 0.1) is 6.20 Å². The summed E-state index contributed by atoms with van der Waals surface area (Å²) in [6.45, 7) is 0.574. The molecule has 2 atom stereocenters. The van der Waals surface area contributed by atoms with E-state index in [1.165, 1.54) is 19.3 Å². The third kappa shape index (κ3) is 3.54. The van der Waals surface area contributed by atoms with E-state index in [0.29, 0.717) is 24.4 Å². The van der Waals surface area contributed by atoms with Gasteiger partial charge in [-0.15, -0.1) is 0 Å². The van der Waals surface area contributed by atoms with E-state index in [4.69, 9.17) is 5.73 Å². The van der Waals surface area contributed by atoms with Gasteiger partial charge in [0.2, 0.25) is 5.91 Å². The Morgan fingerprint density at radius 2 is 2.04 bits per heavy atom. The van der Waals surface area contributed by atoms with Crippen molar-refractivity contribution in [3.63, 3.8) is 0 Å². The molecule has 1 aromatic carbocycles. The van der Waals surface area contributed by atoms with Crippen molar-refractivity contribution in [2.45, 2.75) is 44.7 Å². The number of nitrogens with one attached hydrogen (secondary N) is 1. The minimum Gasteiger partial charge on any atom is -0.352 e. The van der Waals surface area contributed by atoms with E-state index < -0.39 is 0 Å². The highest BCUT2D eigenvalue weighted by Crippen LogP contribution is 2.41. The minimum absolute atomic E-state index is 0.131. The second-order valence-electron chi connectivity index (χ2n) is 8.02. The van der Waals surface area contributed by atoms with Crippen LogP contribution in [0.4, 0.5) is 0 Å². The number of fused-ring (bicyclic) bond motifs is 2. The Bertz CT molecular complexity index is 770. The summed E-state index contributed by atoms with van der Waals surface area (Å²) in [6, 6.07) is 8.61. The number of aryl methyl sites for hydroxylation is 1. The van der Waals surface area contributed by atoms with Crippen molar-refractivity contribution in [3.8, 4) is 11.1 Å². The summed E-state index contributed by atoms with van der Waals surface area (Å²) < 4.78 is 1.80. The molecule has 2 aliphatic rings. The third-order valence-electron chi connectivity index (χ3n) is 6.22. The summed E-state index contributed by atoms with van der Waals surface area (Å²) in [4.78, 5) is 12.7. The van der Waals surface area contributed by atoms with Crippen molar-refractivity contribution < 1.29 is 4.79 Å². The van der Waals surface area contributed by atoms with Crippen LogP contribution >= 0.6 is 0 Å². The lowest BCUT2D eigenvalue weighted by Gasteiger charge is -2.43. The zero-order valence-corrected chi connectivity index (χ0v) is 15.4. The Labute approximate surface area is 155 Å². The van der Waals surface area contributed by atoms with Crippen molar-refractivity contribution in [3.05, 3.63) is 42.2 Å². The summed E-state index contributed by atoms with van der Waals surface area (Å²) in [5.41, 5.74) is 9.68. The molecule has 3 N–H and O–H groups in total. The number of carbonyl (C=O) groups is 1. The Kier molecular flexibility index (Phi) is 4.81. The molecule has 0 aliphatic heterocycles. The maximum absolute atomic E-state index is 12.7. The topological polar surface area (TPSA) is 72.9 Å². The Morgan fingerprint density at radius 1 is 1.27 bits per heavy atom. The third-order valence-corrected chi connectivity index (χ3v) is 6.22. The molecule has 2 aromatic rings. The molecule has 0 radical (unpaired) electrons. The predicted octanol–water partition coefficient (Wildman–Crippen LogP) is 2.86. The molecule has 2 aliphatic carbocycles. The number of nitrogens with two attached hydrogens (primary N) is 1. The molecule has 1 aromatic heterocycles. The standard InChI is InChI=1S/C21H28N4O/c1-25-13-19(12-24-25)15-5-2-4-14(8-15)11-23-21(26)18-9-16-6-3-7-17(10-18)20(16)22/h2,4-5,8,12-13,16-18,20H,3,6-7,9-11,22H2,1H3,(H,23,26). The highest BCUT2D eigenvalue weighted by atomic mass is 16.1. The molecular weight excluding hydrogens is 324 g/mol. The van der Waals surface area contributed by atoms with Crippen LogP contribution < -0.4 is 11.1 Å². The van der Waals surface area contributed by atoms with Gasteiger partial charge in [0.25, 0.3) is 0 Å². The van der Waals surface area contributed by atoms with Crippen LogP contribution in [-0.2, 0) is 18.4 Å². The van der Waals surface area contributed by atoms with Gasteiger partial charge in [-0.05, 0) is 54.7 Å². The second kappa shape index (κ2) is 7.23. The van der Waals surface area contributed by atoms with Gasteiger partial charge < -0.3 is 11.1 Å². The van der Waals surface area contributed by atoms with Crippen LogP contribution in [0.1, 0.15) is 37.7 Å². The fourth-order valence-electron chi connectivity index (χ4n) is 4.77. The summed E-state index contributed by atoms with van der Waals surface area (Å²) in [7, 11) is 1.92. The SMILES string of the molecule is Cn1cc(-c2cccc(CNC(=O)C3CC4CCCC(C3)C4N)c2)cn1. The van der Waals surface area contributed by atoms with Gasteiger partial charge in [-0.3, -0.25) is 9.48 Å². The highest BCUT2D eigenvalue weighted by Gasteiger charge is 2.40. The van der Waals surface area contributed by atoms with Crippen molar-refractivity contribution in [1.82, 2.24) is 15.1 Å². The fraction of sp³-hybridized carbons (Fsp3) is 0.524. The molecule has 5 heteroatoms. The maximum atomic E-state index is 12.7. The summed E-state index contributed by atoms with van der Waals surface area (Å²) in [6.07, 6.45) is 9.43. The quantitative estimate of drug-likeness (QED) is 0.889. The second-order valence-corrected chi connectivity index (χ2v) is 8.02. The molecule has 5 nitrogen and oxygen atoms in total. The van der Waals surface area contributed by atoms with Crippen LogP contribution in [0.5, 0.6) is 0 Å². The molecule has 0 spiro atoms. The van der Waals surface area contributed by atoms with E-state index in [9.17, 15) is 4.79 Å². The molecular formula is C21H28N4O. The minimum atomic E-state index is 0.131. The van der Waals surface area contributed by atoms with Crippen LogP contribution in [0, 0.1) is 17.8 Å². The number of carbonyl (C=O) groups excluding carboxylic acids is 1. The summed E-state index contributed by atoms with van der Waals surface area (Å²) in [5, 5.41) is 7.38. The van der Waals surface area contributed by atoms with Crippen LogP contribution in [-0.4, -0.2) is 21.7 Å². The molecule has 26 heavy (non-hydrogen) atoms.